The van der Waals surface area contributed by atoms with Crippen LogP contribution in [0.2, 0.25) is 5.02 Å². The summed E-state index contributed by atoms with van der Waals surface area (Å²) in [6.07, 6.45) is 0.759. The summed E-state index contributed by atoms with van der Waals surface area (Å²) in [5.41, 5.74) is 1.19. The highest BCUT2D eigenvalue weighted by Gasteiger charge is 2.51. The third kappa shape index (κ3) is 3.87. The average Bonchev–Trinajstić information content (AvgIpc) is 3.44. The normalized spacial score (nSPS) is 17.6. The lowest BCUT2D eigenvalue weighted by molar-refractivity contribution is -0.125. The zero-order valence-corrected chi connectivity index (χ0v) is 14.9. The molecule has 0 aliphatic heterocycles. The van der Waals surface area contributed by atoms with Crippen LogP contribution in [-0.4, -0.2) is 30.8 Å². The molecule has 1 aliphatic carbocycles. The second-order valence-corrected chi connectivity index (χ2v) is 6.92. The summed E-state index contributed by atoms with van der Waals surface area (Å²) in [5.74, 6) is -0.0770. The van der Waals surface area contributed by atoms with Gasteiger partial charge in [-0.25, -0.2) is 0 Å². The Hall–Kier alpha value is -1.88. The van der Waals surface area contributed by atoms with Gasteiger partial charge in [0.1, 0.15) is 6.10 Å². The quantitative estimate of drug-likeness (QED) is 0.798. The van der Waals surface area contributed by atoms with Gasteiger partial charge in [-0.15, -0.1) is 0 Å². The van der Waals surface area contributed by atoms with Crippen LogP contribution in [0, 0.1) is 0 Å². The number of aliphatic hydroxyl groups excluding tert-OH is 1. The van der Waals surface area contributed by atoms with Gasteiger partial charge in [0.2, 0.25) is 5.91 Å². The Balaban J connectivity index is 1.76. The number of carbonyl (C=O) groups excluding carboxylic acids is 1. The highest BCUT2D eigenvalue weighted by atomic mass is 35.5. The SMILES string of the molecule is COC[C@H](NC(=O)C1(c2ccc(Cl)cc2)CC1)[C@@H](O)c1ccccc1. The van der Waals surface area contributed by atoms with Gasteiger partial charge in [-0.1, -0.05) is 54.1 Å². The standard InChI is InChI=1S/C20H22ClNO3/c1-25-13-17(18(23)14-5-3-2-4-6-14)22-19(24)20(11-12-20)15-7-9-16(21)10-8-15/h2-10,17-18,23H,11-13H2,1H3,(H,22,24)/t17-,18-/m0/s1. The van der Waals surface area contributed by atoms with Gasteiger partial charge in [-0.05, 0) is 36.1 Å². The maximum atomic E-state index is 12.9. The molecule has 5 heteroatoms. The number of amides is 1. The molecule has 0 bridgehead atoms. The zero-order valence-electron chi connectivity index (χ0n) is 14.1. The number of aliphatic hydroxyl groups is 1. The molecular weight excluding hydrogens is 338 g/mol. The third-order valence-corrected chi connectivity index (χ3v) is 5.02. The first kappa shape index (κ1) is 17.9. The molecule has 1 amide bonds. The van der Waals surface area contributed by atoms with Gasteiger partial charge in [0, 0.05) is 12.1 Å². The van der Waals surface area contributed by atoms with E-state index in [1.54, 1.807) is 19.2 Å². The fourth-order valence-electron chi connectivity index (χ4n) is 3.12. The number of carbonyl (C=O) groups is 1. The average molecular weight is 360 g/mol. The molecule has 0 aromatic heterocycles. The molecule has 1 saturated carbocycles. The van der Waals surface area contributed by atoms with Crippen LogP contribution < -0.4 is 5.32 Å². The van der Waals surface area contributed by atoms with Crippen LogP contribution in [0.3, 0.4) is 0 Å². The van der Waals surface area contributed by atoms with E-state index < -0.39 is 17.6 Å². The molecule has 1 aliphatic rings. The third-order valence-electron chi connectivity index (χ3n) is 4.77. The second kappa shape index (κ2) is 7.56. The lowest BCUT2D eigenvalue weighted by atomic mass is 9.94. The number of rotatable bonds is 7. The van der Waals surface area contributed by atoms with Crippen molar-refractivity contribution in [1.82, 2.24) is 5.32 Å². The maximum Gasteiger partial charge on any atom is 0.231 e. The minimum atomic E-state index is -0.828. The molecule has 132 valence electrons. The minimum Gasteiger partial charge on any atom is -0.386 e. The van der Waals surface area contributed by atoms with E-state index in [-0.39, 0.29) is 12.5 Å². The van der Waals surface area contributed by atoms with Gasteiger partial charge in [0.15, 0.2) is 0 Å². The summed E-state index contributed by atoms with van der Waals surface area (Å²) in [5, 5.41) is 14.3. The number of nitrogens with one attached hydrogen (secondary N) is 1. The van der Waals surface area contributed by atoms with E-state index in [1.807, 2.05) is 42.5 Å². The van der Waals surface area contributed by atoms with Crippen LogP contribution in [0.5, 0.6) is 0 Å². The van der Waals surface area contributed by atoms with Gasteiger partial charge < -0.3 is 15.2 Å². The van der Waals surface area contributed by atoms with Crippen molar-refractivity contribution in [2.45, 2.75) is 30.4 Å². The Morgan fingerprint density at radius 1 is 1.20 bits per heavy atom. The molecule has 4 nitrogen and oxygen atoms in total. The van der Waals surface area contributed by atoms with Gasteiger partial charge in [0.25, 0.3) is 0 Å². The van der Waals surface area contributed by atoms with Crippen molar-refractivity contribution in [3.63, 3.8) is 0 Å². The Bertz CT molecular complexity index is 713. The summed E-state index contributed by atoms with van der Waals surface area (Å²) in [4.78, 5) is 12.9. The van der Waals surface area contributed by atoms with Crippen LogP contribution in [0.25, 0.3) is 0 Å². The number of hydrogen-bond donors (Lipinski definition) is 2. The lowest BCUT2D eigenvalue weighted by Crippen LogP contribution is -2.46. The second-order valence-electron chi connectivity index (χ2n) is 6.48. The smallest absolute Gasteiger partial charge is 0.231 e. The van der Waals surface area contributed by atoms with Gasteiger partial charge in [-0.3, -0.25) is 4.79 Å². The van der Waals surface area contributed by atoms with Crippen molar-refractivity contribution in [1.29, 1.82) is 0 Å². The van der Waals surface area contributed by atoms with Crippen molar-refractivity contribution < 1.29 is 14.6 Å². The molecule has 2 aromatic carbocycles. The fourth-order valence-corrected chi connectivity index (χ4v) is 3.25. The van der Waals surface area contributed by atoms with Crippen molar-refractivity contribution in [3.05, 3.63) is 70.7 Å². The Kier molecular flexibility index (Phi) is 5.42. The van der Waals surface area contributed by atoms with Crippen molar-refractivity contribution in [2.75, 3.05) is 13.7 Å². The topological polar surface area (TPSA) is 58.6 Å². The van der Waals surface area contributed by atoms with Crippen LogP contribution in [-0.2, 0) is 14.9 Å². The monoisotopic (exact) mass is 359 g/mol. The Morgan fingerprint density at radius 2 is 1.84 bits per heavy atom. The number of ether oxygens (including phenoxy) is 1. The van der Waals surface area contributed by atoms with Gasteiger partial charge in [0.05, 0.1) is 18.1 Å². The first-order valence-electron chi connectivity index (χ1n) is 8.36. The van der Waals surface area contributed by atoms with Crippen LogP contribution >= 0.6 is 11.6 Å². The van der Waals surface area contributed by atoms with E-state index >= 15 is 0 Å². The molecule has 3 rings (SSSR count). The highest BCUT2D eigenvalue weighted by molar-refractivity contribution is 6.30. The fraction of sp³-hybridized carbons (Fsp3) is 0.350. The van der Waals surface area contributed by atoms with Crippen LogP contribution in [0.1, 0.15) is 30.1 Å². The number of hydrogen-bond acceptors (Lipinski definition) is 3. The summed E-state index contributed by atoms with van der Waals surface area (Å²) in [7, 11) is 1.56. The van der Waals surface area contributed by atoms with Gasteiger partial charge in [-0.2, -0.15) is 0 Å². The molecule has 25 heavy (non-hydrogen) atoms. The van der Waals surface area contributed by atoms with E-state index in [0.29, 0.717) is 5.02 Å². The lowest BCUT2D eigenvalue weighted by Gasteiger charge is -2.26. The first-order valence-corrected chi connectivity index (χ1v) is 8.73. The van der Waals surface area contributed by atoms with E-state index in [0.717, 1.165) is 24.0 Å². The maximum absolute atomic E-state index is 12.9. The van der Waals surface area contributed by atoms with Crippen LogP contribution in [0.15, 0.2) is 54.6 Å². The van der Waals surface area contributed by atoms with Crippen LogP contribution in [0.4, 0.5) is 0 Å². The predicted molar refractivity (Wildman–Crippen MR) is 97.6 cm³/mol. The summed E-state index contributed by atoms with van der Waals surface area (Å²) >= 11 is 5.95. The van der Waals surface area contributed by atoms with Crippen molar-refractivity contribution in [2.24, 2.45) is 0 Å². The zero-order chi connectivity index (χ0) is 17.9. The summed E-state index contributed by atoms with van der Waals surface area (Å²) in [6, 6.07) is 16.2. The molecule has 2 aromatic rings. The molecule has 2 N–H and O–H groups in total. The first-order chi connectivity index (χ1) is 12.1. The molecular formula is C20H22ClNO3. The molecule has 0 heterocycles. The summed E-state index contributed by atoms with van der Waals surface area (Å²) < 4.78 is 5.21. The largest absolute Gasteiger partial charge is 0.386 e. The number of benzene rings is 2. The van der Waals surface area contributed by atoms with E-state index in [1.165, 1.54) is 0 Å². The Labute approximate surface area is 152 Å². The predicted octanol–water partition coefficient (Wildman–Crippen LogP) is 3.24. The van der Waals surface area contributed by atoms with E-state index in [9.17, 15) is 9.90 Å². The number of methoxy groups -OCH3 is 1. The highest BCUT2D eigenvalue weighted by Crippen LogP contribution is 2.48. The van der Waals surface area contributed by atoms with Crippen molar-refractivity contribution >= 4 is 17.5 Å². The molecule has 0 unspecified atom stereocenters. The molecule has 0 radical (unpaired) electrons. The number of halogens is 1. The molecule has 1 fully saturated rings. The molecule has 2 atom stereocenters. The van der Waals surface area contributed by atoms with E-state index in [2.05, 4.69) is 5.32 Å². The minimum absolute atomic E-state index is 0.0770. The van der Waals surface area contributed by atoms with Gasteiger partial charge >= 0.3 is 0 Å². The Morgan fingerprint density at radius 3 is 2.40 bits per heavy atom. The van der Waals surface area contributed by atoms with E-state index in [4.69, 9.17) is 16.3 Å². The summed E-state index contributed by atoms with van der Waals surface area (Å²) in [6.45, 7) is 0.235. The molecule has 0 spiro atoms. The van der Waals surface area contributed by atoms with Crippen molar-refractivity contribution in [3.8, 4) is 0 Å². The molecule has 0 saturated heterocycles.